The van der Waals surface area contributed by atoms with E-state index in [0.717, 1.165) is 44.0 Å². The molecule has 0 saturated carbocycles. The Kier molecular flexibility index (Phi) is 10.3. The maximum absolute atomic E-state index is 4.79. The molecule has 2 rings (SSSR count). The first-order valence-corrected chi connectivity index (χ1v) is 9.29. The molecule has 2 N–H and O–H groups in total. The first-order valence-electron chi connectivity index (χ1n) is 9.29. The van der Waals surface area contributed by atoms with Crippen molar-refractivity contribution >= 4 is 29.9 Å². The molecule has 0 saturated heterocycles. The van der Waals surface area contributed by atoms with Crippen molar-refractivity contribution in [1.29, 1.82) is 0 Å². The van der Waals surface area contributed by atoms with E-state index in [0.29, 0.717) is 6.54 Å². The molecule has 1 heterocycles. The average Bonchev–Trinajstić information content (AvgIpc) is 2.95. The number of guanidine groups is 1. The van der Waals surface area contributed by atoms with E-state index in [4.69, 9.17) is 4.99 Å². The van der Waals surface area contributed by atoms with E-state index >= 15 is 0 Å². The number of halogens is 1. The third kappa shape index (κ3) is 6.30. The molecule has 0 spiro atoms. The van der Waals surface area contributed by atoms with E-state index in [-0.39, 0.29) is 24.0 Å². The van der Waals surface area contributed by atoms with Crippen LogP contribution in [0, 0.1) is 0 Å². The third-order valence-electron chi connectivity index (χ3n) is 4.32. The summed E-state index contributed by atoms with van der Waals surface area (Å²) in [6.07, 6.45) is 2.90. The molecule has 0 radical (unpaired) electrons. The molecule has 2 aromatic rings. The van der Waals surface area contributed by atoms with Crippen molar-refractivity contribution < 1.29 is 0 Å². The molecule has 0 aliphatic carbocycles. The van der Waals surface area contributed by atoms with Gasteiger partial charge in [0.15, 0.2) is 5.96 Å². The Morgan fingerprint density at radius 1 is 1.08 bits per heavy atom. The quantitative estimate of drug-likeness (QED) is 0.354. The first kappa shape index (κ1) is 22.5. The summed E-state index contributed by atoms with van der Waals surface area (Å²) in [4.78, 5) is 4.79. The molecule has 0 unspecified atom stereocenters. The van der Waals surface area contributed by atoms with Gasteiger partial charge in [-0.25, -0.2) is 4.99 Å². The lowest BCUT2D eigenvalue weighted by Crippen LogP contribution is -2.38. The number of aliphatic imine (C=N–C) groups is 1. The standard InChI is InChI=1S/C20H31N5.HI/c1-5-18-17(19(6-2)25(4)24-18)15-23-20(21-7-3)22-14-13-16-11-9-8-10-12-16;/h8-12H,5-7,13-15H2,1-4H3,(H2,21,22,23);1H. The van der Waals surface area contributed by atoms with Gasteiger partial charge in [0.05, 0.1) is 12.2 Å². The smallest absolute Gasteiger partial charge is 0.191 e. The molecular formula is C20H32IN5. The van der Waals surface area contributed by atoms with E-state index in [9.17, 15) is 0 Å². The zero-order chi connectivity index (χ0) is 18.1. The van der Waals surface area contributed by atoms with Crippen molar-refractivity contribution in [2.45, 2.75) is 46.6 Å². The van der Waals surface area contributed by atoms with Crippen LogP contribution in [0.1, 0.15) is 43.3 Å². The van der Waals surface area contributed by atoms with Crippen LogP contribution in [-0.2, 0) is 32.9 Å². The molecule has 0 atom stereocenters. The number of nitrogens with zero attached hydrogens (tertiary/aromatic N) is 3. The number of benzene rings is 1. The summed E-state index contributed by atoms with van der Waals surface area (Å²) in [5, 5.41) is 11.4. The highest BCUT2D eigenvalue weighted by molar-refractivity contribution is 14.0. The molecule has 5 nitrogen and oxygen atoms in total. The predicted octanol–water partition coefficient (Wildman–Crippen LogP) is 3.46. The lowest BCUT2D eigenvalue weighted by atomic mass is 10.1. The number of aromatic nitrogens is 2. The summed E-state index contributed by atoms with van der Waals surface area (Å²) in [5.74, 6) is 0.867. The fraction of sp³-hybridized carbons (Fsp3) is 0.500. The van der Waals surface area contributed by atoms with E-state index in [1.54, 1.807) is 0 Å². The Labute approximate surface area is 174 Å². The monoisotopic (exact) mass is 469 g/mol. The fourth-order valence-electron chi connectivity index (χ4n) is 3.04. The van der Waals surface area contributed by atoms with Crippen molar-refractivity contribution in [1.82, 2.24) is 20.4 Å². The second kappa shape index (κ2) is 11.9. The van der Waals surface area contributed by atoms with Gasteiger partial charge in [0.25, 0.3) is 0 Å². The number of nitrogens with one attached hydrogen (secondary N) is 2. The molecule has 0 aliphatic heterocycles. The minimum atomic E-state index is 0. The fourth-order valence-corrected chi connectivity index (χ4v) is 3.04. The normalized spacial score (nSPS) is 11.2. The van der Waals surface area contributed by atoms with Crippen LogP contribution in [0.25, 0.3) is 0 Å². The van der Waals surface area contributed by atoms with Gasteiger partial charge in [0, 0.05) is 31.4 Å². The lowest BCUT2D eigenvalue weighted by molar-refractivity contribution is 0.703. The minimum Gasteiger partial charge on any atom is -0.357 e. The summed E-state index contributed by atoms with van der Waals surface area (Å²) in [6.45, 7) is 8.80. The van der Waals surface area contributed by atoms with E-state index in [1.165, 1.54) is 16.8 Å². The van der Waals surface area contributed by atoms with E-state index in [1.807, 2.05) is 17.8 Å². The Bertz CT molecular complexity index is 679. The van der Waals surface area contributed by atoms with Crippen LogP contribution in [0.3, 0.4) is 0 Å². The Morgan fingerprint density at radius 2 is 1.81 bits per heavy atom. The van der Waals surface area contributed by atoms with Crippen molar-refractivity contribution in [3.05, 3.63) is 52.8 Å². The Morgan fingerprint density at radius 3 is 2.42 bits per heavy atom. The molecule has 1 aromatic carbocycles. The molecule has 0 fully saturated rings. The van der Waals surface area contributed by atoms with E-state index < -0.39 is 0 Å². The summed E-state index contributed by atoms with van der Waals surface area (Å²) >= 11 is 0. The second-order valence-corrected chi connectivity index (χ2v) is 6.06. The van der Waals surface area contributed by atoms with Gasteiger partial charge in [0.1, 0.15) is 0 Å². The second-order valence-electron chi connectivity index (χ2n) is 6.06. The third-order valence-corrected chi connectivity index (χ3v) is 4.32. The highest BCUT2D eigenvalue weighted by Gasteiger charge is 2.13. The number of hydrogen-bond donors (Lipinski definition) is 2. The largest absolute Gasteiger partial charge is 0.357 e. The minimum absolute atomic E-state index is 0. The highest BCUT2D eigenvalue weighted by Crippen LogP contribution is 2.16. The summed E-state index contributed by atoms with van der Waals surface area (Å²) in [7, 11) is 2.02. The molecule has 1 aromatic heterocycles. The van der Waals surface area contributed by atoms with E-state index in [2.05, 4.69) is 60.8 Å². The number of aryl methyl sites for hydroxylation is 2. The van der Waals surface area contributed by atoms with Gasteiger partial charge in [-0.2, -0.15) is 5.10 Å². The molecule has 6 heteroatoms. The molecule has 144 valence electrons. The van der Waals surface area contributed by atoms with Gasteiger partial charge in [0.2, 0.25) is 0 Å². The van der Waals surface area contributed by atoms with Crippen molar-refractivity contribution in [3.8, 4) is 0 Å². The molecule has 0 amide bonds. The van der Waals surface area contributed by atoms with Crippen LogP contribution in [0.2, 0.25) is 0 Å². The number of rotatable bonds is 8. The maximum atomic E-state index is 4.79. The zero-order valence-corrected chi connectivity index (χ0v) is 18.7. The highest BCUT2D eigenvalue weighted by atomic mass is 127. The van der Waals surface area contributed by atoms with Crippen LogP contribution >= 0.6 is 24.0 Å². The van der Waals surface area contributed by atoms with Crippen LogP contribution in [-0.4, -0.2) is 28.8 Å². The van der Waals surface area contributed by atoms with Crippen molar-refractivity contribution in [2.75, 3.05) is 13.1 Å². The van der Waals surface area contributed by atoms with Gasteiger partial charge >= 0.3 is 0 Å². The Balaban J connectivity index is 0.00000338. The van der Waals surface area contributed by atoms with Gasteiger partial charge in [-0.3, -0.25) is 4.68 Å². The molecule has 0 bridgehead atoms. The summed E-state index contributed by atoms with van der Waals surface area (Å²) in [5.41, 5.74) is 5.04. The average molecular weight is 469 g/mol. The summed E-state index contributed by atoms with van der Waals surface area (Å²) < 4.78 is 2.00. The molecule has 26 heavy (non-hydrogen) atoms. The number of hydrogen-bond acceptors (Lipinski definition) is 2. The summed E-state index contributed by atoms with van der Waals surface area (Å²) in [6, 6.07) is 10.5. The maximum Gasteiger partial charge on any atom is 0.191 e. The van der Waals surface area contributed by atoms with Crippen LogP contribution in [0.15, 0.2) is 35.3 Å². The molecule has 0 aliphatic rings. The van der Waals surface area contributed by atoms with Gasteiger partial charge in [-0.05, 0) is 31.7 Å². The SMILES string of the molecule is CCNC(=NCc1c(CC)nn(C)c1CC)NCCc1ccccc1.I. The first-order chi connectivity index (χ1) is 12.2. The van der Waals surface area contributed by atoms with Crippen molar-refractivity contribution in [3.63, 3.8) is 0 Å². The molecular weight excluding hydrogens is 437 g/mol. The van der Waals surface area contributed by atoms with Gasteiger partial charge in [-0.15, -0.1) is 24.0 Å². The van der Waals surface area contributed by atoms with Crippen LogP contribution < -0.4 is 10.6 Å². The van der Waals surface area contributed by atoms with Crippen molar-refractivity contribution in [2.24, 2.45) is 12.0 Å². The predicted molar refractivity (Wildman–Crippen MR) is 120 cm³/mol. The van der Waals surface area contributed by atoms with Crippen LogP contribution in [0.5, 0.6) is 0 Å². The Hall–Kier alpha value is -1.57. The van der Waals surface area contributed by atoms with Crippen LogP contribution in [0.4, 0.5) is 0 Å². The van der Waals surface area contributed by atoms with Gasteiger partial charge in [-0.1, -0.05) is 44.2 Å². The lowest BCUT2D eigenvalue weighted by Gasteiger charge is -2.12. The van der Waals surface area contributed by atoms with Gasteiger partial charge < -0.3 is 10.6 Å². The zero-order valence-electron chi connectivity index (χ0n) is 16.4. The topological polar surface area (TPSA) is 54.2 Å².